The molecule has 0 radical (unpaired) electrons. The van der Waals surface area contributed by atoms with Gasteiger partial charge in [-0.15, -0.1) is 0 Å². The predicted molar refractivity (Wildman–Crippen MR) is 83.0 cm³/mol. The zero-order valence-electron chi connectivity index (χ0n) is 12.6. The molecule has 0 N–H and O–H groups in total. The van der Waals surface area contributed by atoms with E-state index < -0.39 is 0 Å². The van der Waals surface area contributed by atoms with Crippen LogP contribution in [-0.2, 0) is 9.53 Å². The second-order valence-corrected chi connectivity index (χ2v) is 5.19. The maximum atomic E-state index is 12.1. The number of likely N-dealkylation sites (tertiary alicyclic amines) is 1. The Morgan fingerprint density at radius 2 is 1.81 bits per heavy atom. The summed E-state index contributed by atoms with van der Waals surface area (Å²) in [7, 11) is 1.59. The molecule has 0 unspecified atom stereocenters. The number of ether oxygens (including phenoxy) is 2. The Balaban J connectivity index is 1.88. The van der Waals surface area contributed by atoms with Gasteiger partial charge < -0.3 is 14.4 Å². The highest BCUT2D eigenvalue weighted by Gasteiger charge is 2.12. The number of hydrogen-bond donors (Lipinski definition) is 0. The van der Waals surface area contributed by atoms with Crippen LogP contribution in [0.4, 0.5) is 0 Å². The van der Waals surface area contributed by atoms with E-state index in [4.69, 9.17) is 9.47 Å². The molecule has 114 valence electrons. The standard InChI is InChI=1S/C17H23NO3/c1-20-14-21-16-9-6-15(7-10-16)8-11-17(19)18-12-4-2-3-5-13-18/h6-11H,2-5,12-14H2,1H3/b11-8+. The van der Waals surface area contributed by atoms with Crippen molar-refractivity contribution in [3.63, 3.8) is 0 Å². The van der Waals surface area contributed by atoms with Crippen LogP contribution >= 0.6 is 0 Å². The zero-order valence-corrected chi connectivity index (χ0v) is 12.6. The molecule has 1 aromatic rings. The summed E-state index contributed by atoms with van der Waals surface area (Å²) < 4.78 is 10.2. The molecule has 4 nitrogen and oxygen atoms in total. The monoisotopic (exact) mass is 289 g/mol. The lowest BCUT2D eigenvalue weighted by atomic mass is 10.2. The molecular weight excluding hydrogens is 266 g/mol. The lowest BCUT2D eigenvalue weighted by molar-refractivity contribution is -0.125. The molecule has 1 aliphatic heterocycles. The van der Waals surface area contributed by atoms with Gasteiger partial charge in [-0.1, -0.05) is 25.0 Å². The van der Waals surface area contributed by atoms with Crippen LogP contribution in [0, 0.1) is 0 Å². The third-order valence-electron chi connectivity index (χ3n) is 3.56. The fraction of sp³-hybridized carbons (Fsp3) is 0.471. The number of nitrogens with zero attached hydrogens (tertiary/aromatic N) is 1. The molecule has 21 heavy (non-hydrogen) atoms. The van der Waals surface area contributed by atoms with Gasteiger partial charge in [0.15, 0.2) is 6.79 Å². The molecule has 1 fully saturated rings. The van der Waals surface area contributed by atoms with Gasteiger partial charge in [0.25, 0.3) is 0 Å². The van der Waals surface area contributed by atoms with Gasteiger partial charge in [0.2, 0.25) is 5.91 Å². The Morgan fingerprint density at radius 3 is 2.43 bits per heavy atom. The highest BCUT2D eigenvalue weighted by Crippen LogP contribution is 2.14. The van der Waals surface area contributed by atoms with Crippen LogP contribution in [-0.4, -0.2) is 37.8 Å². The maximum absolute atomic E-state index is 12.1. The van der Waals surface area contributed by atoms with Gasteiger partial charge >= 0.3 is 0 Å². The van der Waals surface area contributed by atoms with Crippen molar-refractivity contribution in [2.45, 2.75) is 25.7 Å². The van der Waals surface area contributed by atoms with E-state index in [1.54, 1.807) is 13.2 Å². The third kappa shape index (κ3) is 5.23. The Hall–Kier alpha value is -1.81. The molecule has 1 saturated heterocycles. The van der Waals surface area contributed by atoms with E-state index in [1.807, 2.05) is 35.2 Å². The number of methoxy groups -OCH3 is 1. The summed E-state index contributed by atoms with van der Waals surface area (Å²) in [4.78, 5) is 14.1. The summed E-state index contributed by atoms with van der Waals surface area (Å²) >= 11 is 0. The zero-order chi connectivity index (χ0) is 14.9. The van der Waals surface area contributed by atoms with E-state index in [0.717, 1.165) is 37.2 Å². The SMILES string of the molecule is COCOc1ccc(/C=C/C(=O)N2CCCCCC2)cc1. The second-order valence-electron chi connectivity index (χ2n) is 5.19. The van der Waals surface area contributed by atoms with Crippen molar-refractivity contribution in [2.24, 2.45) is 0 Å². The van der Waals surface area contributed by atoms with Gasteiger partial charge in [-0.05, 0) is 36.6 Å². The highest BCUT2D eigenvalue weighted by molar-refractivity contribution is 5.91. The van der Waals surface area contributed by atoms with E-state index in [-0.39, 0.29) is 12.7 Å². The van der Waals surface area contributed by atoms with Crippen molar-refractivity contribution in [1.82, 2.24) is 4.90 Å². The number of carbonyl (C=O) groups is 1. The number of rotatable bonds is 5. The molecule has 1 heterocycles. The topological polar surface area (TPSA) is 38.8 Å². The van der Waals surface area contributed by atoms with E-state index >= 15 is 0 Å². The van der Waals surface area contributed by atoms with Crippen LogP contribution in [0.3, 0.4) is 0 Å². The molecule has 4 heteroatoms. The largest absolute Gasteiger partial charge is 0.468 e. The van der Waals surface area contributed by atoms with Crippen molar-refractivity contribution in [3.05, 3.63) is 35.9 Å². The minimum absolute atomic E-state index is 0.108. The van der Waals surface area contributed by atoms with Gasteiger partial charge in [-0.2, -0.15) is 0 Å². The van der Waals surface area contributed by atoms with E-state index in [1.165, 1.54) is 12.8 Å². The molecule has 1 aromatic carbocycles. The first-order chi connectivity index (χ1) is 10.3. The first-order valence-corrected chi connectivity index (χ1v) is 7.48. The number of carbonyl (C=O) groups excluding carboxylic acids is 1. The number of benzene rings is 1. The van der Waals surface area contributed by atoms with Crippen molar-refractivity contribution in [1.29, 1.82) is 0 Å². The Morgan fingerprint density at radius 1 is 1.14 bits per heavy atom. The quantitative estimate of drug-likeness (QED) is 0.617. The molecule has 0 aromatic heterocycles. The van der Waals surface area contributed by atoms with Crippen molar-refractivity contribution >= 4 is 12.0 Å². The molecule has 0 atom stereocenters. The van der Waals surface area contributed by atoms with E-state index in [9.17, 15) is 4.79 Å². The normalized spacial score (nSPS) is 16.0. The van der Waals surface area contributed by atoms with Crippen LogP contribution in [0.25, 0.3) is 6.08 Å². The summed E-state index contributed by atoms with van der Waals surface area (Å²) in [5, 5.41) is 0. The van der Waals surface area contributed by atoms with E-state index in [0.29, 0.717) is 0 Å². The Kier molecular flexibility index (Phi) is 6.28. The lowest BCUT2D eigenvalue weighted by Gasteiger charge is -2.17. The summed E-state index contributed by atoms with van der Waals surface area (Å²) in [6.07, 6.45) is 8.22. The average Bonchev–Trinajstić information content (AvgIpc) is 2.81. The maximum Gasteiger partial charge on any atom is 0.246 e. The molecule has 0 bridgehead atoms. The molecule has 1 amide bonds. The summed E-state index contributed by atoms with van der Waals surface area (Å²) in [5.41, 5.74) is 0.989. The van der Waals surface area contributed by atoms with Crippen molar-refractivity contribution in [2.75, 3.05) is 27.0 Å². The van der Waals surface area contributed by atoms with Gasteiger partial charge in [0.05, 0.1) is 0 Å². The van der Waals surface area contributed by atoms with Crippen LogP contribution < -0.4 is 4.74 Å². The Bertz CT molecular complexity index is 459. The third-order valence-corrected chi connectivity index (χ3v) is 3.56. The smallest absolute Gasteiger partial charge is 0.246 e. The van der Waals surface area contributed by atoms with Crippen molar-refractivity contribution < 1.29 is 14.3 Å². The number of amides is 1. The minimum Gasteiger partial charge on any atom is -0.468 e. The molecule has 1 aliphatic rings. The molecule has 0 spiro atoms. The minimum atomic E-state index is 0.108. The summed E-state index contributed by atoms with van der Waals surface area (Å²) in [6.45, 7) is 2.00. The van der Waals surface area contributed by atoms with Gasteiger partial charge in [0.1, 0.15) is 5.75 Å². The van der Waals surface area contributed by atoms with Crippen LogP contribution in [0.5, 0.6) is 5.75 Å². The van der Waals surface area contributed by atoms with Gasteiger partial charge in [-0.3, -0.25) is 4.79 Å². The summed E-state index contributed by atoms with van der Waals surface area (Å²) in [6, 6.07) is 7.60. The molecular formula is C17H23NO3. The van der Waals surface area contributed by atoms with Crippen LogP contribution in [0.2, 0.25) is 0 Å². The van der Waals surface area contributed by atoms with E-state index in [2.05, 4.69) is 0 Å². The summed E-state index contributed by atoms with van der Waals surface area (Å²) in [5.74, 6) is 0.865. The second kappa shape index (κ2) is 8.47. The number of hydrogen-bond acceptors (Lipinski definition) is 3. The molecule has 2 rings (SSSR count). The predicted octanol–water partition coefficient (Wildman–Crippen LogP) is 3.09. The van der Waals surface area contributed by atoms with Gasteiger partial charge in [0, 0.05) is 26.3 Å². The molecule has 0 aliphatic carbocycles. The van der Waals surface area contributed by atoms with Crippen molar-refractivity contribution in [3.8, 4) is 5.75 Å². The fourth-order valence-corrected chi connectivity index (χ4v) is 2.37. The molecule has 0 saturated carbocycles. The fourth-order valence-electron chi connectivity index (χ4n) is 2.37. The Labute approximate surface area is 126 Å². The lowest BCUT2D eigenvalue weighted by Crippen LogP contribution is -2.30. The first-order valence-electron chi connectivity index (χ1n) is 7.48. The van der Waals surface area contributed by atoms with Gasteiger partial charge in [-0.25, -0.2) is 0 Å². The first kappa shape index (κ1) is 15.6. The van der Waals surface area contributed by atoms with Crippen LogP contribution in [0.1, 0.15) is 31.2 Å². The van der Waals surface area contributed by atoms with Crippen LogP contribution in [0.15, 0.2) is 30.3 Å². The highest BCUT2D eigenvalue weighted by atomic mass is 16.7. The average molecular weight is 289 g/mol.